The van der Waals surface area contributed by atoms with Crippen molar-refractivity contribution in [3.05, 3.63) is 76.9 Å². The number of carbonyl (C=O) groups excluding carboxylic acids is 1. The quantitative estimate of drug-likeness (QED) is 0.616. The first kappa shape index (κ1) is 16.1. The molecule has 1 atom stereocenters. The van der Waals surface area contributed by atoms with Crippen LogP contribution in [-0.2, 0) is 11.3 Å². The van der Waals surface area contributed by atoms with Crippen molar-refractivity contribution < 1.29 is 9.21 Å². The van der Waals surface area contributed by atoms with Crippen LogP contribution in [0.4, 0.5) is 0 Å². The molecule has 0 saturated heterocycles. The van der Waals surface area contributed by atoms with E-state index < -0.39 is 0 Å². The summed E-state index contributed by atoms with van der Waals surface area (Å²) < 4.78 is 7.20. The molecule has 2 heterocycles. The zero-order valence-electron chi connectivity index (χ0n) is 14.2. The van der Waals surface area contributed by atoms with Crippen LogP contribution in [0.1, 0.15) is 18.7 Å². The molecule has 0 saturated carbocycles. The van der Waals surface area contributed by atoms with Gasteiger partial charge in [-0.15, -0.1) is 0 Å². The molecule has 0 aliphatic carbocycles. The van der Waals surface area contributed by atoms with Gasteiger partial charge in [0, 0.05) is 5.39 Å². The van der Waals surface area contributed by atoms with Crippen molar-refractivity contribution in [2.45, 2.75) is 19.5 Å². The number of carbonyl (C=O) groups is 1. The van der Waals surface area contributed by atoms with Crippen molar-refractivity contribution in [3.8, 4) is 0 Å². The van der Waals surface area contributed by atoms with Gasteiger partial charge in [-0.1, -0.05) is 30.3 Å². The average molecular weight is 347 g/mol. The number of hydrogen-bond donors (Lipinski definition) is 1. The van der Waals surface area contributed by atoms with E-state index in [-0.39, 0.29) is 24.1 Å². The number of rotatable bonds is 4. The summed E-state index contributed by atoms with van der Waals surface area (Å²) in [5.74, 6) is 0.405. The molecule has 2 aromatic carbocycles. The number of nitrogens with one attached hydrogen (secondary N) is 1. The van der Waals surface area contributed by atoms with Gasteiger partial charge in [0.15, 0.2) is 0 Å². The summed E-state index contributed by atoms with van der Waals surface area (Å²) >= 11 is 0. The molecule has 1 unspecified atom stereocenters. The van der Waals surface area contributed by atoms with E-state index in [9.17, 15) is 9.59 Å². The highest BCUT2D eigenvalue weighted by Crippen LogP contribution is 2.23. The average Bonchev–Trinajstić information content (AvgIpc) is 3.08. The third-order valence-electron chi connectivity index (χ3n) is 4.30. The molecule has 0 radical (unpaired) electrons. The Hall–Kier alpha value is -3.41. The Morgan fingerprint density at radius 1 is 1.19 bits per heavy atom. The van der Waals surface area contributed by atoms with E-state index in [1.54, 1.807) is 12.1 Å². The van der Waals surface area contributed by atoms with Crippen LogP contribution in [0.2, 0.25) is 0 Å². The molecule has 0 spiro atoms. The molecule has 130 valence electrons. The number of amides is 1. The molecule has 0 aliphatic heterocycles. The predicted molar refractivity (Wildman–Crippen MR) is 98.8 cm³/mol. The van der Waals surface area contributed by atoms with Gasteiger partial charge < -0.3 is 9.73 Å². The summed E-state index contributed by atoms with van der Waals surface area (Å²) in [5.41, 5.74) is 1.77. The highest BCUT2D eigenvalue weighted by atomic mass is 16.3. The Balaban J connectivity index is 1.55. The minimum absolute atomic E-state index is 0.0769. The summed E-state index contributed by atoms with van der Waals surface area (Å²) in [5, 5.41) is 3.87. The van der Waals surface area contributed by atoms with Gasteiger partial charge in [-0.2, -0.15) is 0 Å². The fourth-order valence-electron chi connectivity index (χ4n) is 3.00. The second-order valence-corrected chi connectivity index (χ2v) is 6.15. The van der Waals surface area contributed by atoms with E-state index in [2.05, 4.69) is 10.3 Å². The molecular weight excluding hydrogens is 330 g/mol. The zero-order valence-corrected chi connectivity index (χ0v) is 14.2. The number of para-hydroxylation sites is 3. The number of hydrogen-bond acceptors (Lipinski definition) is 4. The van der Waals surface area contributed by atoms with E-state index in [1.165, 1.54) is 10.8 Å². The first-order chi connectivity index (χ1) is 12.6. The van der Waals surface area contributed by atoms with Gasteiger partial charge in [0.05, 0.1) is 23.3 Å². The number of furan rings is 1. The molecule has 6 nitrogen and oxygen atoms in total. The Morgan fingerprint density at radius 3 is 2.81 bits per heavy atom. The molecule has 0 bridgehead atoms. The van der Waals surface area contributed by atoms with Gasteiger partial charge in [-0.05, 0) is 31.2 Å². The Kier molecular flexibility index (Phi) is 4.01. The van der Waals surface area contributed by atoms with Crippen LogP contribution in [0.15, 0.2) is 70.0 Å². The molecule has 2 aromatic heterocycles. The van der Waals surface area contributed by atoms with Gasteiger partial charge in [0.2, 0.25) is 5.91 Å². The fourth-order valence-corrected chi connectivity index (χ4v) is 3.00. The number of fused-ring (bicyclic) bond motifs is 2. The highest BCUT2D eigenvalue weighted by molar-refractivity contribution is 5.81. The van der Waals surface area contributed by atoms with Crippen molar-refractivity contribution >= 4 is 27.9 Å². The lowest BCUT2D eigenvalue weighted by Crippen LogP contribution is -2.33. The lowest BCUT2D eigenvalue weighted by Gasteiger charge is -2.13. The normalized spacial score (nSPS) is 12.3. The van der Waals surface area contributed by atoms with Gasteiger partial charge >= 0.3 is 0 Å². The maximum absolute atomic E-state index is 12.5. The number of benzene rings is 2. The Morgan fingerprint density at radius 2 is 1.96 bits per heavy atom. The third kappa shape index (κ3) is 2.97. The molecule has 1 N–H and O–H groups in total. The molecular formula is C20H17N3O3. The van der Waals surface area contributed by atoms with Gasteiger partial charge in [-0.25, -0.2) is 4.98 Å². The topological polar surface area (TPSA) is 77.1 Å². The summed E-state index contributed by atoms with van der Waals surface area (Å²) in [7, 11) is 0. The van der Waals surface area contributed by atoms with Gasteiger partial charge in [0.25, 0.3) is 5.56 Å². The molecule has 6 heteroatoms. The van der Waals surface area contributed by atoms with Crippen LogP contribution in [0.25, 0.3) is 22.0 Å². The lowest BCUT2D eigenvalue weighted by atomic mass is 10.2. The Labute approximate surface area is 149 Å². The van der Waals surface area contributed by atoms with Crippen molar-refractivity contribution in [1.82, 2.24) is 14.9 Å². The summed E-state index contributed by atoms with van der Waals surface area (Å²) in [6.07, 6.45) is 1.23. The van der Waals surface area contributed by atoms with Crippen LogP contribution < -0.4 is 10.9 Å². The summed E-state index contributed by atoms with van der Waals surface area (Å²) in [6, 6.07) is 16.5. The fraction of sp³-hybridized carbons (Fsp3) is 0.150. The lowest BCUT2D eigenvalue weighted by molar-refractivity contribution is -0.122. The molecule has 0 aliphatic rings. The van der Waals surface area contributed by atoms with Crippen LogP contribution >= 0.6 is 0 Å². The summed E-state index contributed by atoms with van der Waals surface area (Å²) in [4.78, 5) is 28.7. The molecule has 26 heavy (non-hydrogen) atoms. The van der Waals surface area contributed by atoms with Gasteiger partial charge in [0.1, 0.15) is 17.9 Å². The maximum atomic E-state index is 12.5. The molecule has 4 aromatic rings. The SMILES string of the molecule is CC(NC(=O)Cn1c(=O)cnc2ccccc21)c1cc2ccccc2o1. The van der Waals surface area contributed by atoms with Crippen LogP contribution in [0.3, 0.4) is 0 Å². The van der Waals surface area contributed by atoms with E-state index in [0.29, 0.717) is 16.8 Å². The second-order valence-electron chi connectivity index (χ2n) is 6.15. The number of nitrogens with zero attached hydrogens (tertiary/aromatic N) is 2. The molecule has 1 amide bonds. The van der Waals surface area contributed by atoms with E-state index >= 15 is 0 Å². The van der Waals surface area contributed by atoms with Crippen LogP contribution in [0, 0.1) is 0 Å². The van der Waals surface area contributed by atoms with Gasteiger partial charge in [-0.3, -0.25) is 14.2 Å². The molecule has 0 fully saturated rings. The second kappa shape index (κ2) is 6.48. The predicted octanol–water partition coefficient (Wildman–Crippen LogP) is 3.02. The first-order valence-corrected chi connectivity index (χ1v) is 8.34. The van der Waals surface area contributed by atoms with Crippen LogP contribution in [0.5, 0.6) is 0 Å². The first-order valence-electron chi connectivity index (χ1n) is 8.34. The Bertz CT molecular complexity index is 1130. The smallest absolute Gasteiger partial charge is 0.269 e. The maximum Gasteiger partial charge on any atom is 0.269 e. The highest BCUT2D eigenvalue weighted by Gasteiger charge is 2.15. The zero-order chi connectivity index (χ0) is 18.1. The number of aromatic nitrogens is 2. The van der Waals surface area contributed by atoms with Crippen LogP contribution in [-0.4, -0.2) is 15.5 Å². The largest absolute Gasteiger partial charge is 0.459 e. The monoisotopic (exact) mass is 347 g/mol. The molecule has 4 rings (SSSR count). The van der Waals surface area contributed by atoms with E-state index in [1.807, 2.05) is 49.4 Å². The van der Waals surface area contributed by atoms with Crippen molar-refractivity contribution in [2.75, 3.05) is 0 Å². The van der Waals surface area contributed by atoms with E-state index in [4.69, 9.17) is 4.42 Å². The minimum Gasteiger partial charge on any atom is -0.459 e. The standard InChI is InChI=1S/C20H17N3O3/c1-13(18-10-14-6-2-5-9-17(14)26-18)22-19(24)12-23-16-8-4-3-7-15(16)21-11-20(23)25/h2-11,13H,12H2,1H3,(H,22,24). The van der Waals surface area contributed by atoms with Crippen molar-refractivity contribution in [2.24, 2.45) is 0 Å². The van der Waals surface area contributed by atoms with E-state index in [0.717, 1.165) is 11.0 Å². The van der Waals surface area contributed by atoms with Crippen molar-refractivity contribution in [1.29, 1.82) is 0 Å². The van der Waals surface area contributed by atoms with Crippen molar-refractivity contribution in [3.63, 3.8) is 0 Å². The summed E-state index contributed by atoms with van der Waals surface area (Å²) in [6.45, 7) is 1.77. The minimum atomic E-state index is -0.310. The third-order valence-corrected chi connectivity index (χ3v) is 4.30.